The van der Waals surface area contributed by atoms with Gasteiger partial charge in [-0.1, -0.05) is 17.7 Å². The zero-order chi connectivity index (χ0) is 15.2. The first-order valence-electron chi connectivity index (χ1n) is 7.15. The number of amides is 1. The van der Waals surface area contributed by atoms with E-state index in [1.54, 1.807) is 6.20 Å². The van der Waals surface area contributed by atoms with Gasteiger partial charge >= 0.3 is 0 Å². The van der Waals surface area contributed by atoms with Gasteiger partial charge in [-0.05, 0) is 44.5 Å². The van der Waals surface area contributed by atoms with Crippen molar-refractivity contribution in [3.63, 3.8) is 0 Å². The van der Waals surface area contributed by atoms with E-state index < -0.39 is 0 Å². The van der Waals surface area contributed by atoms with Gasteiger partial charge in [-0.15, -0.1) is 0 Å². The van der Waals surface area contributed by atoms with Crippen molar-refractivity contribution < 1.29 is 4.79 Å². The number of hydrogen-bond acceptors (Lipinski definition) is 3. The highest BCUT2D eigenvalue weighted by Crippen LogP contribution is 2.17. The molecule has 2 rings (SSSR count). The van der Waals surface area contributed by atoms with E-state index in [4.69, 9.17) is 0 Å². The molecular formula is C17H21N3O. The largest absolute Gasteiger partial charge is 0.385 e. The highest BCUT2D eigenvalue weighted by atomic mass is 16.1. The number of nitrogens with one attached hydrogen (secondary N) is 2. The quantitative estimate of drug-likeness (QED) is 0.886. The van der Waals surface area contributed by atoms with Crippen LogP contribution in [0.15, 0.2) is 36.5 Å². The van der Waals surface area contributed by atoms with Crippen molar-refractivity contribution in [2.24, 2.45) is 0 Å². The molecule has 0 aliphatic carbocycles. The van der Waals surface area contributed by atoms with Crippen molar-refractivity contribution >= 4 is 11.6 Å². The third-order valence-corrected chi connectivity index (χ3v) is 3.32. The Morgan fingerprint density at radius 2 is 2.05 bits per heavy atom. The van der Waals surface area contributed by atoms with Gasteiger partial charge < -0.3 is 10.6 Å². The van der Waals surface area contributed by atoms with Gasteiger partial charge in [0.25, 0.3) is 5.91 Å². The molecule has 1 amide bonds. The summed E-state index contributed by atoms with van der Waals surface area (Å²) in [4.78, 5) is 16.7. The number of aromatic nitrogens is 1. The van der Waals surface area contributed by atoms with Crippen molar-refractivity contribution in [1.82, 2.24) is 10.3 Å². The van der Waals surface area contributed by atoms with Gasteiger partial charge in [-0.3, -0.25) is 9.78 Å². The number of rotatable bonds is 5. The van der Waals surface area contributed by atoms with Crippen molar-refractivity contribution in [2.45, 2.75) is 27.3 Å². The second-order valence-electron chi connectivity index (χ2n) is 5.03. The Hall–Kier alpha value is -2.36. The average molecular weight is 283 g/mol. The summed E-state index contributed by atoms with van der Waals surface area (Å²) in [5.41, 5.74) is 4.57. The number of aryl methyl sites for hydroxylation is 2. The Kier molecular flexibility index (Phi) is 4.93. The average Bonchev–Trinajstić information content (AvgIpc) is 2.48. The summed E-state index contributed by atoms with van der Waals surface area (Å²) >= 11 is 0. The van der Waals surface area contributed by atoms with E-state index in [-0.39, 0.29) is 5.91 Å². The lowest BCUT2D eigenvalue weighted by molar-refractivity contribution is 0.0951. The van der Waals surface area contributed by atoms with Crippen LogP contribution in [0.4, 0.5) is 5.69 Å². The third kappa shape index (κ3) is 3.81. The van der Waals surface area contributed by atoms with Gasteiger partial charge in [0, 0.05) is 18.4 Å². The zero-order valence-corrected chi connectivity index (χ0v) is 12.7. The molecule has 0 spiro atoms. The monoisotopic (exact) mass is 283 g/mol. The van der Waals surface area contributed by atoms with Crippen molar-refractivity contribution in [3.05, 3.63) is 58.9 Å². The van der Waals surface area contributed by atoms with Crippen molar-refractivity contribution in [3.8, 4) is 0 Å². The van der Waals surface area contributed by atoms with Gasteiger partial charge in [0.2, 0.25) is 0 Å². The second-order valence-corrected chi connectivity index (χ2v) is 5.03. The summed E-state index contributed by atoms with van der Waals surface area (Å²) in [7, 11) is 0. The van der Waals surface area contributed by atoms with Crippen LogP contribution in [0.5, 0.6) is 0 Å². The van der Waals surface area contributed by atoms with E-state index in [0.717, 1.165) is 29.1 Å². The lowest BCUT2D eigenvalue weighted by Gasteiger charge is -2.12. The predicted octanol–water partition coefficient (Wildman–Crippen LogP) is 3.06. The van der Waals surface area contributed by atoms with E-state index in [1.807, 2.05) is 51.1 Å². The molecule has 1 aromatic heterocycles. The van der Waals surface area contributed by atoms with E-state index in [0.29, 0.717) is 12.1 Å². The standard InChI is InChI=1S/C17H21N3O/c1-4-18-15-8-7-12(2)10-14(15)17(21)20-11-16-13(3)6-5-9-19-16/h5-10,18H,4,11H2,1-3H3,(H,20,21). The summed E-state index contributed by atoms with van der Waals surface area (Å²) in [6.45, 7) is 7.20. The topological polar surface area (TPSA) is 54.0 Å². The smallest absolute Gasteiger partial charge is 0.253 e. The minimum absolute atomic E-state index is 0.0836. The Labute approximate surface area is 125 Å². The minimum Gasteiger partial charge on any atom is -0.385 e. The van der Waals surface area contributed by atoms with Crippen LogP contribution in [0.2, 0.25) is 0 Å². The van der Waals surface area contributed by atoms with Gasteiger partial charge in [0.1, 0.15) is 0 Å². The molecule has 0 saturated heterocycles. The van der Waals surface area contributed by atoms with Crippen LogP contribution in [-0.2, 0) is 6.54 Å². The molecule has 110 valence electrons. The number of pyridine rings is 1. The van der Waals surface area contributed by atoms with Gasteiger partial charge in [-0.25, -0.2) is 0 Å². The fourth-order valence-corrected chi connectivity index (χ4v) is 2.15. The SMILES string of the molecule is CCNc1ccc(C)cc1C(=O)NCc1ncccc1C. The summed E-state index contributed by atoms with van der Waals surface area (Å²) in [5.74, 6) is -0.0836. The van der Waals surface area contributed by atoms with Crippen LogP contribution in [0.3, 0.4) is 0 Å². The number of hydrogen-bond donors (Lipinski definition) is 2. The number of carbonyl (C=O) groups excluding carboxylic acids is 1. The fraction of sp³-hybridized carbons (Fsp3) is 0.294. The number of carbonyl (C=O) groups is 1. The van der Waals surface area contributed by atoms with E-state index in [2.05, 4.69) is 15.6 Å². The maximum absolute atomic E-state index is 12.4. The molecule has 0 aliphatic heterocycles. The van der Waals surface area contributed by atoms with Crippen molar-refractivity contribution in [1.29, 1.82) is 0 Å². The van der Waals surface area contributed by atoms with Crippen molar-refractivity contribution in [2.75, 3.05) is 11.9 Å². The Bertz CT molecular complexity index is 638. The molecule has 0 fully saturated rings. The second kappa shape index (κ2) is 6.88. The molecule has 4 heteroatoms. The predicted molar refractivity (Wildman–Crippen MR) is 85.5 cm³/mol. The highest BCUT2D eigenvalue weighted by Gasteiger charge is 2.11. The van der Waals surface area contributed by atoms with E-state index in [9.17, 15) is 4.79 Å². The van der Waals surface area contributed by atoms with Crippen LogP contribution in [0.1, 0.15) is 34.1 Å². The lowest BCUT2D eigenvalue weighted by atomic mass is 10.1. The van der Waals surface area contributed by atoms with Gasteiger partial charge in [0.15, 0.2) is 0 Å². The molecule has 2 aromatic rings. The van der Waals surface area contributed by atoms with Crippen LogP contribution in [0.25, 0.3) is 0 Å². The van der Waals surface area contributed by atoms with Crippen LogP contribution in [-0.4, -0.2) is 17.4 Å². The van der Waals surface area contributed by atoms with Crippen LogP contribution >= 0.6 is 0 Å². The lowest BCUT2D eigenvalue weighted by Crippen LogP contribution is -2.25. The molecule has 0 unspecified atom stereocenters. The molecule has 0 bridgehead atoms. The summed E-state index contributed by atoms with van der Waals surface area (Å²) in [6, 6.07) is 9.73. The molecule has 21 heavy (non-hydrogen) atoms. The highest BCUT2D eigenvalue weighted by molar-refractivity contribution is 5.99. The minimum atomic E-state index is -0.0836. The molecule has 0 aliphatic rings. The van der Waals surface area contributed by atoms with E-state index >= 15 is 0 Å². The normalized spacial score (nSPS) is 10.2. The summed E-state index contributed by atoms with van der Waals surface area (Å²) < 4.78 is 0. The molecule has 0 saturated carbocycles. The summed E-state index contributed by atoms with van der Waals surface area (Å²) in [5, 5.41) is 6.16. The maximum Gasteiger partial charge on any atom is 0.253 e. The molecule has 1 aromatic carbocycles. The first kappa shape index (κ1) is 15.0. The number of nitrogens with zero attached hydrogens (tertiary/aromatic N) is 1. The van der Waals surface area contributed by atoms with E-state index in [1.165, 1.54) is 0 Å². The maximum atomic E-state index is 12.4. The first-order chi connectivity index (χ1) is 10.1. The number of anilines is 1. The van der Waals surface area contributed by atoms with Crippen LogP contribution in [0, 0.1) is 13.8 Å². The summed E-state index contributed by atoms with van der Waals surface area (Å²) in [6.07, 6.45) is 1.74. The van der Waals surface area contributed by atoms with Gasteiger partial charge in [0.05, 0.1) is 17.8 Å². The molecule has 4 nitrogen and oxygen atoms in total. The fourth-order valence-electron chi connectivity index (χ4n) is 2.15. The zero-order valence-electron chi connectivity index (χ0n) is 12.7. The molecule has 0 atom stereocenters. The van der Waals surface area contributed by atoms with Gasteiger partial charge in [-0.2, -0.15) is 0 Å². The third-order valence-electron chi connectivity index (χ3n) is 3.32. The first-order valence-corrected chi connectivity index (χ1v) is 7.15. The molecular weight excluding hydrogens is 262 g/mol. The Balaban J connectivity index is 2.13. The molecule has 2 N–H and O–H groups in total. The number of benzene rings is 1. The van der Waals surface area contributed by atoms with Crippen LogP contribution < -0.4 is 10.6 Å². The Morgan fingerprint density at radius 1 is 1.24 bits per heavy atom. The Morgan fingerprint density at radius 3 is 2.76 bits per heavy atom. The molecule has 1 heterocycles. The molecule has 0 radical (unpaired) electrons.